The van der Waals surface area contributed by atoms with Gasteiger partial charge in [0.2, 0.25) is 0 Å². The Morgan fingerprint density at radius 3 is 3.00 bits per heavy atom. The first-order valence-corrected chi connectivity index (χ1v) is 7.51. The van der Waals surface area contributed by atoms with Crippen molar-refractivity contribution < 1.29 is 0 Å². The zero-order chi connectivity index (χ0) is 14.9. The Balaban J connectivity index is 1.63. The Morgan fingerprint density at radius 1 is 1.18 bits per heavy atom. The average molecular weight is 295 g/mol. The molecule has 1 N–H and O–H groups in total. The predicted octanol–water partition coefficient (Wildman–Crippen LogP) is 1.84. The SMILES string of the molecule is Cc1nccc(N2CCCC(c3[nH]nc4nccnc34)C2)n1. The number of piperidine rings is 1. The van der Waals surface area contributed by atoms with Crippen LogP contribution in [0.4, 0.5) is 5.82 Å². The first-order chi connectivity index (χ1) is 10.8. The van der Waals surface area contributed by atoms with Gasteiger partial charge in [0.15, 0.2) is 5.65 Å². The van der Waals surface area contributed by atoms with Gasteiger partial charge in [0.05, 0.1) is 5.69 Å². The van der Waals surface area contributed by atoms with Gasteiger partial charge in [0, 0.05) is 37.6 Å². The largest absolute Gasteiger partial charge is 0.356 e. The summed E-state index contributed by atoms with van der Waals surface area (Å²) in [7, 11) is 0. The van der Waals surface area contributed by atoms with Gasteiger partial charge < -0.3 is 4.90 Å². The van der Waals surface area contributed by atoms with E-state index >= 15 is 0 Å². The van der Waals surface area contributed by atoms with Crippen LogP contribution in [0.25, 0.3) is 11.2 Å². The third-order valence-electron chi connectivity index (χ3n) is 4.13. The summed E-state index contributed by atoms with van der Waals surface area (Å²) in [5, 5.41) is 7.40. The first kappa shape index (κ1) is 13.1. The number of nitrogens with one attached hydrogen (secondary N) is 1. The molecule has 1 atom stereocenters. The number of aromatic nitrogens is 6. The summed E-state index contributed by atoms with van der Waals surface area (Å²) in [4.78, 5) is 19.7. The molecular weight excluding hydrogens is 278 g/mol. The van der Waals surface area contributed by atoms with Crippen LogP contribution in [0.2, 0.25) is 0 Å². The van der Waals surface area contributed by atoms with Gasteiger partial charge in [-0.1, -0.05) is 0 Å². The normalized spacial score (nSPS) is 18.8. The standard InChI is InChI=1S/C15H17N7/c1-10-16-5-4-12(19-10)22-8-2-3-11(9-22)13-14-15(21-20-13)18-7-6-17-14/h4-7,11H,2-3,8-9H2,1H3,(H,18,20,21). The van der Waals surface area contributed by atoms with Crippen LogP contribution < -0.4 is 4.90 Å². The van der Waals surface area contributed by atoms with Crippen molar-refractivity contribution in [2.75, 3.05) is 18.0 Å². The number of fused-ring (bicyclic) bond motifs is 1. The lowest BCUT2D eigenvalue weighted by molar-refractivity contribution is 0.499. The summed E-state index contributed by atoms with van der Waals surface area (Å²) < 4.78 is 0. The maximum Gasteiger partial charge on any atom is 0.199 e. The predicted molar refractivity (Wildman–Crippen MR) is 82.6 cm³/mol. The van der Waals surface area contributed by atoms with Gasteiger partial charge in [0.25, 0.3) is 0 Å². The van der Waals surface area contributed by atoms with Crippen LogP contribution in [0.15, 0.2) is 24.7 Å². The van der Waals surface area contributed by atoms with Crippen LogP contribution in [-0.2, 0) is 0 Å². The molecule has 4 heterocycles. The van der Waals surface area contributed by atoms with Gasteiger partial charge in [0.1, 0.15) is 17.2 Å². The minimum absolute atomic E-state index is 0.366. The van der Waals surface area contributed by atoms with Crippen LogP contribution in [0.1, 0.15) is 30.3 Å². The lowest BCUT2D eigenvalue weighted by Gasteiger charge is -2.33. The Bertz CT molecular complexity index is 797. The fourth-order valence-electron chi connectivity index (χ4n) is 3.09. The van der Waals surface area contributed by atoms with Gasteiger partial charge in [-0.15, -0.1) is 0 Å². The summed E-state index contributed by atoms with van der Waals surface area (Å²) >= 11 is 0. The summed E-state index contributed by atoms with van der Waals surface area (Å²) in [6.45, 7) is 3.85. The number of anilines is 1. The van der Waals surface area contributed by atoms with Gasteiger partial charge >= 0.3 is 0 Å². The number of H-pyrrole nitrogens is 1. The quantitative estimate of drug-likeness (QED) is 0.776. The summed E-state index contributed by atoms with van der Waals surface area (Å²) in [6.07, 6.45) is 7.45. The van der Waals surface area contributed by atoms with E-state index in [1.165, 1.54) is 0 Å². The van der Waals surface area contributed by atoms with Crippen molar-refractivity contribution in [2.24, 2.45) is 0 Å². The van der Waals surface area contributed by atoms with E-state index in [4.69, 9.17) is 0 Å². The lowest BCUT2D eigenvalue weighted by atomic mass is 9.94. The smallest absolute Gasteiger partial charge is 0.199 e. The van der Waals surface area contributed by atoms with Crippen molar-refractivity contribution >= 4 is 17.0 Å². The number of rotatable bonds is 2. The molecule has 0 aliphatic carbocycles. The summed E-state index contributed by atoms with van der Waals surface area (Å²) in [6, 6.07) is 1.97. The van der Waals surface area contributed by atoms with Crippen molar-refractivity contribution in [3.63, 3.8) is 0 Å². The molecule has 1 fully saturated rings. The van der Waals surface area contributed by atoms with E-state index in [1.807, 2.05) is 19.2 Å². The lowest BCUT2D eigenvalue weighted by Crippen LogP contribution is -2.35. The molecule has 0 radical (unpaired) electrons. The fourth-order valence-corrected chi connectivity index (χ4v) is 3.09. The second kappa shape index (κ2) is 5.32. The van der Waals surface area contributed by atoms with Crippen molar-refractivity contribution in [1.29, 1.82) is 0 Å². The van der Waals surface area contributed by atoms with Gasteiger partial charge in [-0.2, -0.15) is 5.10 Å². The van der Waals surface area contributed by atoms with Crippen LogP contribution in [0.5, 0.6) is 0 Å². The Kier molecular flexibility index (Phi) is 3.17. The van der Waals surface area contributed by atoms with E-state index < -0.39 is 0 Å². The Hall–Kier alpha value is -2.57. The maximum atomic E-state index is 4.54. The zero-order valence-corrected chi connectivity index (χ0v) is 12.4. The van der Waals surface area contributed by atoms with E-state index in [9.17, 15) is 0 Å². The number of aromatic amines is 1. The highest BCUT2D eigenvalue weighted by Crippen LogP contribution is 2.30. The Morgan fingerprint density at radius 2 is 2.09 bits per heavy atom. The Labute approximate surface area is 127 Å². The molecule has 112 valence electrons. The van der Waals surface area contributed by atoms with Crippen LogP contribution in [0, 0.1) is 6.92 Å². The number of nitrogens with zero attached hydrogens (tertiary/aromatic N) is 6. The molecule has 3 aromatic heterocycles. The van der Waals surface area contributed by atoms with Crippen molar-refractivity contribution in [2.45, 2.75) is 25.7 Å². The molecule has 7 heteroatoms. The first-order valence-electron chi connectivity index (χ1n) is 7.51. The molecule has 3 aromatic rings. The van der Waals surface area contributed by atoms with Crippen LogP contribution in [-0.4, -0.2) is 43.2 Å². The van der Waals surface area contributed by atoms with E-state index in [2.05, 4.69) is 35.0 Å². The third kappa shape index (κ3) is 2.28. The average Bonchev–Trinajstić information content (AvgIpc) is 2.99. The van der Waals surface area contributed by atoms with Gasteiger partial charge in [-0.3, -0.25) is 5.10 Å². The topological polar surface area (TPSA) is 83.5 Å². The van der Waals surface area contributed by atoms with E-state index in [-0.39, 0.29) is 0 Å². The minimum atomic E-state index is 0.366. The molecule has 7 nitrogen and oxygen atoms in total. The molecule has 0 spiro atoms. The molecule has 1 aliphatic heterocycles. The highest BCUT2D eigenvalue weighted by Gasteiger charge is 2.26. The van der Waals surface area contributed by atoms with E-state index in [1.54, 1.807) is 12.4 Å². The highest BCUT2D eigenvalue weighted by atomic mass is 15.2. The summed E-state index contributed by atoms with van der Waals surface area (Å²) in [5.74, 6) is 2.16. The molecule has 22 heavy (non-hydrogen) atoms. The van der Waals surface area contributed by atoms with Crippen LogP contribution >= 0.6 is 0 Å². The summed E-state index contributed by atoms with van der Waals surface area (Å²) in [5.41, 5.74) is 2.65. The molecule has 1 aliphatic rings. The number of hydrogen-bond donors (Lipinski definition) is 1. The third-order valence-corrected chi connectivity index (χ3v) is 4.13. The molecular formula is C15H17N7. The number of aryl methyl sites for hydroxylation is 1. The van der Waals surface area contributed by atoms with Crippen molar-refractivity contribution in [3.8, 4) is 0 Å². The molecule has 1 unspecified atom stereocenters. The second-order valence-corrected chi connectivity index (χ2v) is 5.61. The van der Waals surface area contributed by atoms with Crippen molar-refractivity contribution in [1.82, 2.24) is 30.1 Å². The van der Waals surface area contributed by atoms with Crippen LogP contribution in [0.3, 0.4) is 0 Å². The number of hydrogen-bond acceptors (Lipinski definition) is 6. The fraction of sp³-hybridized carbons (Fsp3) is 0.400. The second-order valence-electron chi connectivity index (χ2n) is 5.61. The zero-order valence-electron chi connectivity index (χ0n) is 12.4. The molecule has 4 rings (SSSR count). The monoisotopic (exact) mass is 295 g/mol. The van der Waals surface area contributed by atoms with Gasteiger partial charge in [-0.25, -0.2) is 19.9 Å². The molecule has 0 amide bonds. The minimum Gasteiger partial charge on any atom is -0.356 e. The molecule has 0 bridgehead atoms. The highest BCUT2D eigenvalue weighted by molar-refractivity contribution is 5.73. The van der Waals surface area contributed by atoms with E-state index in [0.717, 1.165) is 48.8 Å². The molecule has 0 aromatic carbocycles. The molecule has 0 saturated carbocycles. The van der Waals surface area contributed by atoms with Crippen molar-refractivity contribution in [3.05, 3.63) is 36.2 Å². The maximum absolute atomic E-state index is 4.54. The van der Waals surface area contributed by atoms with E-state index in [0.29, 0.717) is 11.6 Å². The van der Waals surface area contributed by atoms with Gasteiger partial charge in [-0.05, 0) is 25.8 Å². The molecule has 1 saturated heterocycles.